The van der Waals surface area contributed by atoms with Crippen molar-refractivity contribution in [2.75, 3.05) is 38.8 Å². The number of carboxylic acid groups (broad SMARTS) is 1. The maximum absolute atomic E-state index is 12.0. The third-order valence-electron chi connectivity index (χ3n) is 3.25. The van der Waals surface area contributed by atoms with E-state index in [1.54, 1.807) is 0 Å². The van der Waals surface area contributed by atoms with Gasteiger partial charge in [0.2, 0.25) is 0 Å². The molecule has 2 amide bonds. The van der Waals surface area contributed by atoms with Gasteiger partial charge in [0.1, 0.15) is 15.4 Å². The van der Waals surface area contributed by atoms with Crippen LogP contribution in [0.2, 0.25) is 0 Å². The second-order valence-electron chi connectivity index (χ2n) is 4.98. The first kappa shape index (κ1) is 16.7. The van der Waals surface area contributed by atoms with Gasteiger partial charge in [-0.25, -0.2) is 18.0 Å². The molecule has 1 rings (SSSR count). The number of carbonyl (C=O) groups excluding carboxylic acids is 1. The number of urea groups is 1. The van der Waals surface area contributed by atoms with Crippen molar-refractivity contribution in [1.82, 2.24) is 10.2 Å². The number of carbonyl (C=O) groups is 2. The van der Waals surface area contributed by atoms with E-state index < -0.39 is 27.4 Å². The Morgan fingerprint density at radius 2 is 1.90 bits per heavy atom. The molecule has 0 radical (unpaired) electrons. The molecule has 0 saturated carbocycles. The summed E-state index contributed by atoms with van der Waals surface area (Å²) in [7, 11) is -1.75. The average Bonchev–Trinajstić information content (AvgIpc) is 2.35. The zero-order chi connectivity index (χ0) is 15.4. The summed E-state index contributed by atoms with van der Waals surface area (Å²) in [5.41, 5.74) is -1.34. The smallest absolute Gasteiger partial charge is 0.329 e. The predicted octanol–water partition coefficient (Wildman–Crippen LogP) is -0.694. The summed E-state index contributed by atoms with van der Waals surface area (Å²) in [6.45, 7) is 0.538. The Hall–Kier alpha value is -1.35. The van der Waals surface area contributed by atoms with Crippen molar-refractivity contribution in [1.29, 1.82) is 0 Å². The van der Waals surface area contributed by atoms with Crippen LogP contribution < -0.4 is 5.32 Å². The minimum Gasteiger partial charge on any atom is -0.480 e. The van der Waals surface area contributed by atoms with E-state index in [0.717, 1.165) is 6.26 Å². The van der Waals surface area contributed by atoms with E-state index in [1.165, 1.54) is 11.9 Å². The third-order valence-corrected chi connectivity index (χ3v) is 4.17. The van der Waals surface area contributed by atoms with Crippen LogP contribution in [0.4, 0.5) is 4.79 Å². The lowest BCUT2D eigenvalue weighted by atomic mass is 9.90. The number of hydrogen-bond acceptors (Lipinski definition) is 5. The van der Waals surface area contributed by atoms with Gasteiger partial charge in [-0.2, -0.15) is 0 Å². The summed E-state index contributed by atoms with van der Waals surface area (Å²) < 4.78 is 27.2. The molecule has 0 aromatic carbocycles. The number of ether oxygens (including phenoxy) is 1. The van der Waals surface area contributed by atoms with E-state index in [2.05, 4.69) is 5.32 Å². The Bertz CT molecular complexity index is 469. The zero-order valence-corrected chi connectivity index (χ0v) is 12.4. The van der Waals surface area contributed by atoms with Crippen LogP contribution >= 0.6 is 0 Å². The second kappa shape index (κ2) is 6.40. The van der Waals surface area contributed by atoms with Crippen LogP contribution in [0.1, 0.15) is 12.8 Å². The Kier molecular flexibility index (Phi) is 5.35. The highest BCUT2D eigenvalue weighted by Gasteiger charge is 2.42. The normalized spacial score (nSPS) is 18.3. The van der Waals surface area contributed by atoms with Gasteiger partial charge in [0, 0.05) is 45.9 Å². The van der Waals surface area contributed by atoms with Crippen molar-refractivity contribution in [3.8, 4) is 0 Å². The van der Waals surface area contributed by atoms with Crippen LogP contribution in [-0.4, -0.2) is 74.8 Å². The molecule has 9 heteroatoms. The monoisotopic (exact) mass is 308 g/mol. The van der Waals surface area contributed by atoms with Gasteiger partial charge >= 0.3 is 12.0 Å². The molecular weight excluding hydrogens is 288 g/mol. The van der Waals surface area contributed by atoms with Gasteiger partial charge in [0.25, 0.3) is 0 Å². The number of hydrogen-bond donors (Lipinski definition) is 2. The zero-order valence-electron chi connectivity index (χ0n) is 11.6. The molecule has 0 bridgehead atoms. The van der Waals surface area contributed by atoms with Crippen molar-refractivity contribution in [3.05, 3.63) is 0 Å². The first-order valence-corrected chi connectivity index (χ1v) is 8.24. The third kappa shape index (κ3) is 4.64. The number of aliphatic carboxylic acids is 1. The molecule has 2 N–H and O–H groups in total. The number of rotatable bonds is 5. The highest BCUT2D eigenvalue weighted by atomic mass is 32.2. The lowest BCUT2D eigenvalue weighted by molar-refractivity contribution is -0.148. The molecule has 0 spiro atoms. The first-order valence-electron chi connectivity index (χ1n) is 6.18. The summed E-state index contributed by atoms with van der Waals surface area (Å²) in [5.74, 6) is -1.27. The lowest BCUT2D eigenvalue weighted by Crippen LogP contribution is -2.60. The highest BCUT2D eigenvalue weighted by Crippen LogP contribution is 2.21. The van der Waals surface area contributed by atoms with E-state index in [4.69, 9.17) is 4.74 Å². The van der Waals surface area contributed by atoms with Gasteiger partial charge in [-0.1, -0.05) is 0 Å². The maximum atomic E-state index is 12.0. The largest absolute Gasteiger partial charge is 0.480 e. The van der Waals surface area contributed by atoms with Crippen molar-refractivity contribution in [2.45, 2.75) is 18.4 Å². The van der Waals surface area contributed by atoms with E-state index in [1.807, 2.05) is 0 Å². The first-order chi connectivity index (χ1) is 9.16. The maximum Gasteiger partial charge on any atom is 0.329 e. The minimum absolute atomic E-state index is 0.0108. The Labute approximate surface area is 118 Å². The summed E-state index contributed by atoms with van der Waals surface area (Å²) in [6, 6.07) is -0.599. The van der Waals surface area contributed by atoms with Crippen LogP contribution in [-0.2, 0) is 19.4 Å². The molecule has 0 aromatic heterocycles. The second-order valence-corrected chi connectivity index (χ2v) is 7.24. The number of sulfone groups is 1. The molecule has 0 aliphatic carbocycles. The molecular formula is C11H20N2O6S. The molecule has 1 aliphatic heterocycles. The van der Waals surface area contributed by atoms with Crippen molar-refractivity contribution >= 4 is 21.8 Å². The molecule has 0 unspecified atom stereocenters. The summed E-state index contributed by atoms with van der Waals surface area (Å²) in [5, 5.41) is 11.8. The molecule has 0 aromatic rings. The van der Waals surface area contributed by atoms with Gasteiger partial charge in [0.05, 0.1) is 5.75 Å². The fraction of sp³-hybridized carbons (Fsp3) is 0.818. The fourth-order valence-electron chi connectivity index (χ4n) is 1.82. The van der Waals surface area contributed by atoms with Crippen molar-refractivity contribution < 1.29 is 27.9 Å². The summed E-state index contributed by atoms with van der Waals surface area (Å²) >= 11 is 0. The molecule has 8 nitrogen and oxygen atoms in total. The Balaban J connectivity index is 2.64. The standard InChI is InChI=1S/C11H20N2O6S/c1-13(5-8-20(2,17)18)10(16)12-11(9(14)15)3-6-19-7-4-11/h3-8H2,1-2H3,(H,12,16)(H,14,15). The average molecular weight is 308 g/mol. The van der Waals surface area contributed by atoms with Gasteiger partial charge in [-0.15, -0.1) is 0 Å². The number of amides is 2. The van der Waals surface area contributed by atoms with Crippen LogP contribution in [0, 0.1) is 0 Å². The molecule has 0 atom stereocenters. The molecule has 1 fully saturated rings. The van der Waals surface area contributed by atoms with E-state index in [9.17, 15) is 23.1 Å². The van der Waals surface area contributed by atoms with Crippen LogP contribution in [0.15, 0.2) is 0 Å². The van der Waals surface area contributed by atoms with E-state index >= 15 is 0 Å². The van der Waals surface area contributed by atoms with Crippen LogP contribution in [0.3, 0.4) is 0 Å². The van der Waals surface area contributed by atoms with Crippen molar-refractivity contribution in [2.24, 2.45) is 0 Å². The quantitative estimate of drug-likeness (QED) is 0.695. The molecule has 1 saturated heterocycles. The minimum atomic E-state index is -3.18. The van der Waals surface area contributed by atoms with Crippen LogP contribution in [0.5, 0.6) is 0 Å². The summed E-state index contributed by atoms with van der Waals surface area (Å²) in [4.78, 5) is 24.5. The summed E-state index contributed by atoms with van der Waals surface area (Å²) in [6.07, 6.45) is 1.46. The molecule has 20 heavy (non-hydrogen) atoms. The van der Waals surface area contributed by atoms with Gasteiger partial charge in [-0.05, 0) is 0 Å². The van der Waals surface area contributed by atoms with Crippen LogP contribution in [0.25, 0.3) is 0 Å². The Morgan fingerprint density at radius 1 is 1.35 bits per heavy atom. The predicted molar refractivity (Wildman–Crippen MR) is 71.3 cm³/mol. The highest BCUT2D eigenvalue weighted by molar-refractivity contribution is 7.90. The number of carboxylic acids is 1. The number of nitrogens with zero attached hydrogens (tertiary/aromatic N) is 1. The fourth-order valence-corrected chi connectivity index (χ4v) is 2.42. The number of nitrogens with one attached hydrogen (secondary N) is 1. The van der Waals surface area contributed by atoms with Crippen molar-refractivity contribution in [3.63, 3.8) is 0 Å². The topological polar surface area (TPSA) is 113 Å². The molecule has 1 aliphatic rings. The van der Waals surface area contributed by atoms with Gasteiger partial charge in [0.15, 0.2) is 0 Å². The van der Waals surface area contributed by atoms with Gasteiger partial charge < -0.3 is 20.1 Å². The lowest BCUT2D eigenvalue weighted by Gasteiger charge is -2.35. The SMILES string of the molecule is CN(CCS(C)(=O)=O)C(=O)NC1(C(=O)O)CCOCC1. The van der Waals surface area contributed by atoms with Gasteiger partial charge in [-0.3, -0.25) is 0 Å². The Morgan fingerprint density at radius 3 is 2.35 bits per heavy atom. The molecule has 1 heterocycles. The molecule has 116 valence electrons. The van der Waals surface area contributed by atoms with E-state index in [0.29, 0.717) is 0 Å². The van der Waals surface area contributed by atoms with E-state index in [-0.39, 0.29) is 38.4 Å².